The number of hydrogen-bond acceptors (Lipinski definition) is 5. The summed E-state index contributed by atoms with van der Waals surface area (Å²) < 4.78 is 10.7. The maximum atomic E-state index is 13.4. The summed E-state index contributed by atoms with van der Waals surface area (Å²) in [6, 6.07) is 20.1. The van der Waals surface area contributed by atoms with Gasteiger partial charge in [0.25, 0.3) is 11.8 Å². The minimum absolute atomic E-state index is 0.00774. The molecule has 4 rings (SSSR count). The lowest BCUT2D eigenvalue weighted by atomic mass is 10.1. The summed E-state index contributed by atoms with van der Waals surface area (Å²) in [4.78, 5) is 30.5. The first-order chi connectivity index (χ1) is 14.7. The Hall–Kier alpha value is -4.29. The molecule has 1 aliphatic rings. The van der Waals surface area contributed by atoms with Gasteiger partial charge in [-0.2, -0.15) is 0 Å². The summed E-state index contributed by atoms with van der Waals surface area (Å²) in [5.74, 6) is 0.139. The highest BCUT2D eigenvalue weighted by Crippen LogP contribution is 2.33. The molecule has 1 aliphatic heterocycles. The Bertz CT molecular complexity index is 1160. The van der Waals surface area contributed by atoms with Crippen molar-refractivity contribution in [2.24, 2.45) is 5.11 Å². The fourth-order valence-electron chi connectivity index (χ4n) is 3.13. The highest BCUT2D eigenvalue weighted by molar-refractivity contribution is 6.12. The Balaban J connectivity index is 1.73. The van der Waals surface area contributed by atoms with Gasteiger partial charge in [0, 0.05) is 16.0 Å². The first kappa shape index (κ1) is 19.0. The number of carbonyl (C=O) groups excluding carboxylic acids is 2. The lowest BCUT2D eigenvalue weighted by Crippen LogP contribution is -2.36. The molecular weight excluding hydrogens is 384 g/mol. The molecule has 0 radical (unpaired) electrons. The number of azide groups is 1. The van der Waals surface area contributed by atoms with Crippen molar-refractivity contribution in [2.45, 2.75) is 6.54 Å². The predicted octanol–water partition coefficient (Wildman–Crippen LogP) is 4.84. The number of nitrogens with zero attached hydrogens (tertiary/aromatic N) is 4. The van der Waals surface area contributed by atoms with Gasteiger partial charge in [-0.3, -0.25) is 14.5 Å². The molecule has 30 heavy (non-hydrogen) atoms. The van der Waals surface area contributed by atoms with Gasteiger partial charge in [-0.05, 0) is 41.4 Å². The fraction of sp³-hybridized carbons (Fsp3) is 0.0909. The molecule has 8 heteroatoms. The van der Waals surface area contributed by atoms with Crippen molar-refractivity contribution in [1.29, 1.82) is 0 Å². The number of carbonyl (C=O) groups is 2. The van der Waals surface area contributed by atoms with Crippen LogP contribution in [0.4, 0.5) is 5.69 Å². The van der Waals surface area contributed by atoms with E-state index in [4.69, 9.17) is 15.0 Å². The van der Waals surface area contributed by atoms with Gasteiger partial charge in [0.2, 0.25) is 6.79 Å². The average molecular weight is 400 g/mol. The van der Waals surface area contributed by atoms with Crippen LogP contribution < -0.4 is 9.47 Å². The average Bonchev–Trinajstić information content (AvgIpc) is 3.26. The molecule has 1 heterocycles. The standard InChI is InChI=1S/C22H16N4O4/c23-25-24-18-9-5-4-8-17(18)22(28)26(21(27)16-6-2-1-3-7-16)13-15-10-11-19-20(12-15)30-14-29-19/h1-12H,13-14H2. The molecule has 3 aromatic carbocycles. The number of imide groups is 1. The number of rotatable bonds is 5. The van der Waals surface area contributed by atoms with E-state index in [-0.39, 0.29) is 24.6 Å². The summed E-state index contributed by atoms with van der Waals surface area (Å²) in [7, 11) is 0. The van der Waals surface area contributed by atoms with E-state index in [9.17, 15) is 9.59 Å². The quantitative estimate of drug-likeness (QED) is 0.264. The first-order valence-corrected chi connectivity index (χ1v) is 9.11. The highest BCUT2D eigenvalue weighted by Gasteiger charge is 2.26. The number of ether oxygens (including phenoxy) is 2. The lowest BCUT2D eigenvalue weighted by molar-refractivity contribution is 0.0604. The van der Waals surface area contributed by atoms with Gasteiger partial charge < -0.3 is 9.47 Å². The molecule has 0 spiro atoms. The van der Waals surface area contributed by atoms with E-state index in [1.54, 1.807) is 60.7 Å². The van der Waals surface area contributed by atoms with E-state index in [0.717, 1.165) is 4.90 Å². The van der Waals surface area contributed by atoms with Crippen LogP contribution in [0, 0.1) is 0 Å². The zero-order valence-corrected chi connectivity index (χ0v) is 15.8. The van der Waals surface area contributed by atoms with E-state index in [1.807, 2.05) is 0 Å². The van der Waals surface area contributed by atoms with Crippen LogP contribution in [0.1, 0.15) is 26.3 Å². The molecule has 0 aromatic heterocycles. The van der Waals surface area contributed by atoms with Crippen molar-refractivity contribution in [2.75, 3.05) is 6.79 Å². The van der Waals surface area contributed by atoms with Crippen molar-refractivity contribution in [3.05, 3.63) is 99.9 Å². The van der Waals surface area contributed by atoms with Crippen LogP contribution in [0.15, 0.2) is 77.9 Å². The largest absolute Gasteiger partial charge is 0.454 e. The van der Waals surface area contributed by atoms with Gasteiger partial charge in [-0.25, -0.2) is 0 Å². The normalized spacial score (nSPS) is 11.5. The Labute approximate surface area is 171 Å². The first-order valence-electron chi connectivity index (χ1n) is 9.11. The van der Waals surface area contributed by atoms with Gasteiger partial charge in [0.05, 0.1) is 12.2 Å². The number of fused-ring (bicyclic) bond motifs is 1. The third-order valence-corrected chi connectivity index (χ3v) is 4.58. The van der Waals surface area contributed by atoms with Crippen molar-refractivity contribution in [1.82, 2.24) is 4.90 Å². The second-order valence-electron chi connectivity index (χ2n) is 6.46. The number of benzene rings is 3. The second kappa shape index (κ2) is 8.38. The SMILES string of the molecule is [N-]=[N+]=Nc1ccccc1C(=O)N(Cc1ccc2c(c1)OCO2)C(=O)c1ccccc1. The topological polar surface area (TPSA) is 105 Å². The summed E-state index contributed by atoms with van der Waals surface area (Å²) >= 11 is 0. The van der Waals surface area contributed by atoms with E-state index in [1.165, 1.54) is 12.1 Å². The lowest BCUT2D eigenvalue weighted by Gasteiger charge is -2.22. The van der Waals surface area contributed by atoms with Crippen LogP contribution >= 0.6 is 0 Å². The van der Waals surface area contributed by atoms with Gasteiger partial charge in [-0.1, -0.05) is 47.6 Å². The molecule has 0 N–H and O–H groups in total. The van der Waals surface area contributed by atoms with Crippen LogP contribution in [0.3, 0.4) is 0 Å². The minimum Gasteiger partial charge on any atom is -0.454 e. The van der Waals surface area contributed by atoms with Crippen LogP contribution in [0.2, 0.25) is 0 Å². The zero-order chi connectivity index (χ0) is 20.9. The third-order valence-electron chi connectivity index (χ3n) is 4.58. The molecule has 0 saturated heterocycles. The third kappa shape index (κ3) is 3.80. The molecular formula is C22H16N4O4. The van der Waals surface area contributed by atoms with Gasteiger partial charge in [0.1, 0.15) is 0 Å². The smallest absolute Gasteiger partial charge is 0.261 e. The van der Waals surface area contributed by atoms with Crippen molar-refractivity contribution >= 4 is 17.5 Å². The molecule has 8 nitrogen and oxygen atoms in total. The molecule has 0 bridgehead atoms. The molecule has 0 unspecified atom stereocenters. The maximum absolute atomic E-state index is 13.4. The molecule has 0 saturated carbocycles. The number of amides is 2. The highest BCUT2D eigenvalue weighted by atomic mass is 16.7. The van der Waals surface area contributed by atoms with E-state index >= 15 is 0 Å². The maximum Gasteiger partial charge on any atom is 0.261 e. The monoisotopic (exact) mass is 400 g/mol. The molecule has 148 valence electrons. The summed E-state index contributed by atoms with van der Waals surface area (Å²) in [5.41, 5.74) is 10.2. The molecule has 3 aromatic rings. The molecule has 2 amide bonds. The zero-order valence-electron chi connectivity index (χ0n) is 15.8. The van der Waals surface area contributed by atoms with Crippen molar-refractivity contribution in [3.63, 3.8) is 0 Å². The summed E-state index contributed by atoms with van der Waals surface area (Å²) in [6.07, 6.45) is 0. The molecule has 0 atom stereocenters. The predicted molar refractivity (Wildman–Crippen MR) is 108 cm³/mol. The van der Waals surface area contributed by atoms with E-state index < -0.39 is 11.8 Å². The Kier molecular flexibility index (Phi) is 5.32. The van der Waals surface area contributed by atoms with Gasteiger partial charge in [0.15, 0.2) is 11.5 Å². The van der Waals surface area contributed by atoms with Crippen molar-refractivity contribution < 1.29 is 19.1 Å². The van der Waals surface area contributed by atoms with Crippen LogP contribution in [-0.4, -0.2) is 23.5 Å². The fourth-order valence-corrected chi connectivity index (χ4v) is 3.13. The van der Waals surface area contributed by atoms with E-state index in [0.29, 0.717) is 22.6 Å². The Morgan fingerprint density at radius 1 is 0.933 bits per heavy atom. The van der Waals surface area contributed by atoms with Crippen LogP contribution in [-0.2, 0) is 6.54 Å². The molecule has 0 fully saturated rings. The van der Waals surface area contributed by atoms with Crippen molar-refractivity contribution in [3.8, 4) is 11.5 Å². The summed E-state index contributed by atoms with van der Waals surface area (Å²) in [5, 5.41) is 3.58. The Morgan fingerprint density at radius 3 is 2.47 bits per heavy atom. The number of hydrogen-bond donors (Lipinski definition) is 0. The van der Waals surface area contributed by atoms with Gasteiger partial charge in [-0.15, -0.1) is 0 Å². The minimum atomic E-state index is -0.565. The molecule has 0 aliphatic carbocycles. The van der Waals surface area contributed by atoms with Gasteiger partial charge >= 0.3 is 0 Å². The van der Waals surface area contributed by atoms with Crippen LogP contribution in [0.5, 0.6) is 11.5 Å². The second-order valence-corrected chi connectivity index (χ2v) is 6.46. The summed E-state index contributed by atoms with van der Waals surface area (Å²) in [6.45, 7) is 0.137. The van der Waals surface area contributed by atoms with Crippen LogP contribution in [0.25, 0.3) is 10.4 Å². The van der Waals surface area contributed by atoms with E-state index in [2.05, 4.69) is 10.0 Å². The Morgan fingerprint density at radius 2 is 1.67 bits per heavy atom.